The normalized spacial score (nSPS) is 13.5. The molecule has 0 bridgehead atoms. The number of nitrogens with zero attached hydrogens (tertiary/aromatic N) is 1. The van der Waals surface area contributed by atoms with Gasteiger partial charge in [-0.05, 0) is 12.8 Å². The van der Waals surface area contributed by atoms with Crippen LogP contribution in [0.15, 0.2) is 12.7 Å². The number of hydrogen-bond acceptors (Lipinski definition) is 0. The van der Waals surface area contributed by atoms with Gasteiger partial charge in [0.05, 0.1) is 27.2 Å². The average Bonchev–Trinajstić information content (AvgIpc) is 2.34. The Morgan fingerprint density at radius 2 is 1.32 bits per heavy atom. The molecule has 0 saturated heterocycles. The van der Waals surface area contributed by atoms with Crippen molar-refractivity contribution in [3.63, 3.8) is 0 Å². The highest BCUT2D eigenvalue weighted by Gasteiger charge is 2.21. The molecule has 0 aliphatic heterocycles. The Labute approximate surface area is 122 Å². The summed E-state index contributed by atoms with van der Waals surface area (Å²) in [5, 5.41) is 0. The Kier molecular flexibility index (Phi) is 11.3. The van der Waals surface area contributed by atoms with Crippen LogP contribution < -0.4 is 0 Å². The van der Waals surface area contributed by atoms with Gasteiger partial charge in [-0.25, -0.2) is 0 Å². The fourth-order valence-electron chi connectivity index (χ4n) is 2.70. The summed E-state index contributed by atoms with van der Waals surface area (Å²) in [7, 11) is 6.92. The van der Waals surface area contributed by atoms with Crippen molar-refractivity contribution in [3.8, 4) is 0 Å². The minimum atomic E-state index is 0.752. The lowest BCUT2D eigenvalue weighted by molar-refractivity contribution is -0.896. The zero-order chi connectivity index (χ0) is 14.6. The van der Waals surface area contributed by atoms with E-state index in [2.05, 4.69) is 40.7 Å². The second-order valence-electron chi connectivity index (χ2n) is 6.91. The summed E-state index contributed by atoms with van der Waals surface area (Å²) >= 11 is 0. The Morgan fingerprint density at radius 3 is 1.74 bits per heavy atom. The van der Waals surface area contributed by atoms with Crippen molar-refractivity contribution in [2.24, 2.45) is 0 Å². The molecule has 19 heavy (non-hydrogen) atoms. The smallest absolute Gasteiger partial charge is 0.0918 e. The maximum atomic E-state index is 3.90. The lowest BCUT2D eigenvalue weighted by Gasteiger charge is -2.33. The number of quaternary nitrogens is 1. The van der Waals surface area contributed by atoms with Gasteiger partial charge in [0, 0.05) is 6.42 Å². The molecule has 0 aromatic heterocycles. The second kappa shape index (κ2) is 11.5. The molecule has 1 unspecified atom stereocenters. The fraction of sp³-hybridized carbons (Fsp3) is 0.889. The van der Waals surface area contributed by atoms with Gasteiger partial charge in [-0.1, -0.05) is 64.4 Å². The van der Waals surface area contributed by atoms with Crippen LogP contribution in [0.5, 0.6) is 0 Å². The van der Waals surface area contributed by atoms with Gasteiger partial charge < -0.3 is 4.48 Å². The zero-order valence-electron chi connectivity index (χ0n) is 14.1. The first kappa shape index (κ1) is 18.7. The predicted octanol–water partition coefficient (Wildman–Crippen LogP) is 5.56. The lowest BCUT2D eigenvalue weighted by atomic mass is 10.0. The first-order chi connectivity index (χ1) is 9.02. The van der Waals surface area contributed by atoms with Crippen LogP contribution in [-0.2, 0) is 0 Å². The molecule has 0 aliphatic carbocycles. The largest absolute Gasteiger partial charge is 0.328 e. The van der Waals surface area contributed by atoms with Crippen molar-refractivity contribution < 1.29 is 4.48 Å². The average molecular weight is 269 g/mol. The molecule has 0 radical (unpaired) electrons. The van der Waals surface area contributed by atoms with Gasteiger partial charge in [-0.2, -0.15) is 0 Å². The van der Waals surface area contributed by atoms with Crippen molar-refractivity contribution in [3.05, 3.63) is 12.7 Å². The van der Waals surface area contributed by atoms with Crippen LogP contribution in [-0.4, -0.2) is 31.7 Å². The van der Waals surface area contributed by atoms with E-state index in [1.54, 1.807) is 0 Å². The number of rotatable bonds is 13. The summed E-state index contributed by atoms with van der Waals surface area (Å²) in [6, 6.07) is 0.752. The number of hydrogen-bond donors (Lipinski definition) is 0. The van der Waals surface area contributed by atoms with Crippen LogP contribution in [0.4, 0.5) is 0 Å². The SMILES string of the molecule is C=CCC(CCCCCCCCCCC)[N+](C)(C)C. The fourth-order valence-corrected chi connectivity index (χ4v) is 2.70. The van der Waals surface area contributed by atoms with E-state index in [4.69, 9.17) is 0 Å². The minimum Gasteiger partial charge on any atom is -0.328 e. The molecule has 0 aliphatic rings. The van der Waals surface area contributed by atoms with Gasteiger partial charge in [0.1, 0.15) is 0 Å². The van der Waals surface area contributed by atoms with Gasteiger partial charge >= 0.3 is 0 Å². The van der Waals surface area contributed by atoms with Crippen LogP contribution >= 0.6 is 0 Å². The monoisotopic (exact) mass is 268 g/mol. The lowest BCUT2D eigenvalue weighted by Crippen LogP contribution is -2.44. The third-order valence-electron chi connectivity index (χ3n) is 4.18. The van der Waals surface area contributed by atoms with E-state index in [1.165, 1.54) is 64.2 Å². The maximum Gasteiger partial charge on any atom is 0.0918 e. The van der Waals surface area contributed by atoms with E-state index in [0.717, 1.165) is 16.9 Å². The zero-order valence-corrected chi connectivity index (χ0v) is 14.1. The molecular formula is C18H38N+. The molecule has 0 heterocycles. The summed E-state index contributed by atoms with van der Waals surface area (Å²) in [6.45, 7) is 6.18. The minimum absolute atomic E-state index is 0.752. The molecule has 0 aromatic carbocycles. The highest BCUT2D eigenvalue weighted by atomic mass is 15.3. The van der Waals surface area contributed by atoms with Crippen molar-refractivity contribution in [1.82, 2.24) is 0 Å². The van der Waals surface area contributed by atoms with Crippen LogP contribution in [0, 0.1) is 0 Å². The summed E-state index contributed by atoms with van der Waals surface area (Å²) in [5.41, 5.74) is 0. The molecule has 1 heteroatoms. The van der Waals surface area contributed by atoms with Crippen molar-refractivity contribution >= 4 is 0 Å². The van der Waals surface area contributed by atoms with Gasteiger partial charge in [0.2, 0.25) is 0 Å². The van der Waals surface area contributed by atoms with Gasteiger partial charge in [0.15, 0.2) is 0 Å². The third kappa shape index (κ3) is 11.2. The van der Waals surface area contributed by atoms with Gasteiger partial charge in [-0.3, -0.25) is 0 Å². The van der Waals surface area contributed by atoms with Crippen LogP contribution in [0.25, 0.3) is 0 Å². The first-order valence-electron chi connectivity index (χ1n) is 8.44. The Bertz CT molecular complexity index is 202. The molecule has 1 nitrogen and oxygen atoms in total. The summed E-state index contributed by atoms with van der Waals surface area (Å²) in [6.07, 6.45) is 17.4. The first-order valence-corrected chi connectivity index (χ1v) is 8.44. The molecule has 0 saturated carbocycles. The van der Waals surface area contributed by atoms with Crippen LogP contribution in [0.3, 0.4) is 0 Å². The summed E-state index contributed by atoms with van der Waals surface area (Å²) < 4.78 is 1.07. The molecule has 1 atom stereocenters. The molecule has 0 aromatic rings. The van der Waals surface area contributed by atoms with E-state index in [-0.39, 0.29) is 0 Å². The molecule has 0 N–H and O–H groups in total. The van der Waals surface area contributed by atoms with E-state index < -0.39 is 0 Å². The third-order valence-corrected chi connectivity index (χ3v) is 4.18. The molecule has 0 fully saturated rings. The highest BCUT2D eigenvalue weighted by molar-refractivity contribution is 4.73. The standard InChI is InChI=1S/C18H38N/c1-6-8-9-10-11-12-13-14-15-17-18(16-7-2)19(3,4)5/h7,18H,2,6,8-17H2,1,3-5H3/q+1. The topological polar surface area (TPSA) is 0 Å². The maximum absolute atomic E-state index is 3.90. The molecule has 0 rings (SSSR count). The van der Waals surface area contributed by atoms with E-state index in [0.29, 0.717) is 0 Å². The molecular weight excluding hydrogens is 230 g/mol. The van der Waals surface area contributed by atoms with Gasteiger partial charge in [0.25, 0.3) is 0 Å². The highest BCUT2D eigenvalue weighted by Crippen LogP contribution is 2.17. The second-order valence-corrected chi connectivity index (χ2v) is 6.91. The van der Waals surface area contributed by atoms with E-state index in [9.17, 15) is 0 Å². The predicted molar refractivity (Wildman–Crippen MR) is 88.5 cm³/mol. The Hall–Kier alpha value is -0.300. The van der Waals surface area contributed by atoms with Crippen molar-refractivity contribution in [1.29, 1.82) is 0 Å². The quantitative estimate of drug-likeness (QED) is 0.233. The molecule has 0 spiro atoms. The van der Waals surface area contributed by atoms with Crippen LogP contribution in [0.2, 0.25) is 0 Å². The van der Waals surface area contributed by atoms with E-state index >= 15 is 0 Å². The van der Waals surface area contributed by atoms with Crippen molar-refractivity contribution in [2.75, 3.05) is 21.1 Å². The summed E-state index contributed by atoms with van der Waals surface area (Å²) in [5.74, 6) is 0. The molecule has 0 amide bonds. The summed E-state index contributed by atoms with van der Waals surface area (Å²) in [4.78, 5) is 0. The van der Waals surface area contributed by atoms with Crippen molar-refractivity contribution in [2.45, 2.75) is 83.6 Å². The molecule has 114 valence electrons. The number of unbranched alkanes of at least 4 members (excludes halogenated alkanes) is 8. The van der Waals surface area contributed by atoms with Crippen LogP contribution in [0.1, 0.15) is 77.6 Å². The van der Waals surface area contributed by atoms with E-state index in [1.807, 2.05) is 0 Å². The Balaban J connectivity index is 3.48. The van der Waals surface area contributed by atoms with Gasteiger partial charge in [-0.15, -0.1) is 6.58 Å². The Morgan fingerprint density at radius 1 is 0.842 bits per heavy atom.